The molecule has 0 unspecified atom stereocenters. The van der Waals surface area contributed by atoms with Crippen LogP contribution in [-0.2, 0) is 9.53 Å². The van der Waals surface area contributed by atoms with Gasteiger partial charge in [-0.05, 0) is 49.4 Å². The summed E-state index contributed by atoms with van der Waals surface area (Å²) in [6, 6.07) is 5.49. The average Bonchev–Trinajstić information content (AvgIpc) is 2.80. The zero-order chi connectivity index (χ0) is 24.0. The maximum absolute atomic E-state index is 12.4. The van der Waals surface area contributed by atoms with Gasteiger partial charge in [0.2, 0.25) is 12.4 Å². The van der Waals surface area contributed by atoms with E-state index in [0.717, 1.165) is 36.2 Å². The Labute approximate surface area is 195 Å². The van der Waals surface area contributed by atoms with Gasteiger partial charge >= 0.3 is 0 Å². The summed E-state index contributed by atoms with van der Waals surface area (Å²) >= 11 is 0. The molecule has 1 aromatic carbocycles. The summed E-state index contributed by atoms with van der Waals surface area (Å²) in [5, 5.41) is 6.17. The van der Waals surface area contributed by atoms with Gasteiger partial charge in [-0.15, -0.1) is 0 Å². The summed E-state index contributed by atoms with van der Waals surface area (Å²) in [5.74, 6) is 1.24. The van der Waals surface area contributed by atoms with Crippen LogP contribution in [0.1, 0.15) is 42.6 Å². The number of anilines is 4. The fourth-order valence-corrected chi connectivity index (χ4v) is 3.67. The maximum atomic E-state index is 12.4. The third-order valence-electron chi connectivity index (χ3n) is 5.58. The first-order valence-corrected chi connectivity index (χ1v) is 11.3. The molecule has 0 radical (unpaired) electrons. The summed E-state index contributed by atoms with van der Waals surface area (Å²) in [4.78, 5) is 37.1. The molecule has 2 amide bonds. The van der Waals surface area contributed by atoms with Gasteiger partial charge in [0.25, 0.3) is 5.91 Å². The molecule has 33 heavy (non-hydrogen) atoms. The molecule has 1 aromatic heterocycles. The quantitative estimate of drug-likeness (QED) is 0.562. The third kappa shape index (κ3) is 6.19. The molecule has 3 rings (SSSR count). The lowest BCUT2D eigenvalue weighted by Crippen LogP contribution is -2.40. The molecule has 0 bridgehead atoms. The predicted octanol–water partition coefficient (Wildman–Crippen LogP) is 3.12. The molecule has 0 spiro atoms. The molecule has 9 nitrogen and oxygen atoms in total. The van der Waals surface area contributed by atoms with Crippen LogP contribution in [0.4, 0.5) is 23.1 Å². The molecule has 2 heterocycles. The predicted molar refractivity (Wildman–Crippen MR) is 130 cm³/mol. The second kappa shape index (κ2) is 11.1. The van der Waals surface area contributed by atoms with Crippen LogP contribution in [0.25, 0.3) is 0 Å². The Hall–Kier alpha value is -3.20. The van der Waals surface area contributed by atoms with E-state index in [1.165, 1.54) is 0 Å². The number of hydrogen-bond donors (Lipinski definition) is 2. The van der Waals surface area contributed by atoms with Crippen LogP contribution in [0, 0.1) is 12.8 Å². The van der Waals surface area contributed by atoms with Gasteiger partial charge < -0.3 is 20.3 Å². The number of nitrogens with zero attached hydrogens (tertiary/aromatic N) is 4. The number of ether oxygens (including phenoxy) is 1. The second-order valence-electron chi connectivity index (χ2n) is 8.91. The van der Waals surface area contributed by atoms with Gasteiger partial charge in [-0.25, -0.2) is 4.98 Å². The van der Waals surface area contributed by atoms with E-state index in [9.17, 15) is 9.59 Å². The summed E-state index contributed by atoms with van der Waals surface area (Å²) in [6.07, 6.45) is 4.07. The fourth-order valence-electron chi connectivity index (χ4n) is 3.67. The van der Waals surface area contributed by atoms with Crippen molar-refractivity contribution in [2.24, 2.45) is 5.92 Å². The Morgan fingerprint density at radius 1 is 1.27 bits per heavy atom. The van der Waals surface area contributed by atoms with Crippen LogP contribution < -0.4 is 20.4 Å². The first-order chi connectivity index (χ1) is 15.8. The minimum Gasteiger partial charge on any atom is -0.381 e. The number of aryl methyl sites for hydroxylation is 1. The van der Waals surface area contributed by atoms with Gasteiger partial charge in [0.15, 0.2) is 5.82 Å². The van der Waals surface area contributed by atoms with Crippen molar-refractivity contribution in [3.05, 3.63) is 35.5 Å². The number of rotatable bonds is 9. The third-order valence-corrected chi connectivity index (χ3v) is 5.58. The standard InChI is InChI=1S/C24H34N6O3/c1-16(2)13-25-23(32)18-6-7-20(17(3)12-18)27-24-26-14-21(29(4)5)22(28-24)30(15-31)19-8-10-33-11-9-19/h6-7,12,14-16,19H,8-11,13H2,1-5H3,(H,25,32)(H,26,27,28). The first-order valence-electron chi connectivity index (χ1n) is 11.3. The van der Waals surface area contributed by atoms with Gasteiger partial charge in [0.05, 0.1) is 11.9 Å². The highest BCUT2D eigenvalue weighted by Gasteiger charge is 2.26. The highest BCUT2D eigenvalue weighted by atomic mass is 16.5. The van der Waals surface area contributed by atoms with Crippen molar-refractivity contribution in [3.63, 3.8) is 0 Å². The molecule has 1 fully saturated rings. The Morgan fingerprint density at radius 2 is 2.00 bits per heavy atom. The molecule has 0 atom stereocenters. The Kier molecular flexibility index (Phi) is 8.21. The summed E-state index contributed by atoms with van der Waals surface area (Å²) < 4.78 is 5.45. The molecule has 9 heteroatoms. The monoisotopic (exact) mass is 454 g/mol. The van der Waals surface area contributed by atoms with Gasteiger partial charge in [-0.2, -0.15) is 4.98 Å². The van der Waals surface area contributed by atoms with Crippen LogP contribution in [0.5, 0.6) is 0 Å². The van der Waals surface area contributed by atoms with E-state index in [1.54, 1.807) is 17.2 Å². The first kappa shape index (κ1) is 24.4. The lowest BCUT2D eigenvalue weighted by molar-refractivity contribution is -0.108. The highest BCUT2D eigenvalue weighted by molar-refractivity contribution is 5.95. The van der Waals surface area contributed by atoms with E-state index in [-0.39, 0.29) is 11.9 Å². The number of carbonyl (C=O) groups excluding carboxylic acids is 2. The van der Waals surface area contributed by atoms with E-state index in [0.29, 0.717) is 43.0 Å². The van der Waals surface area contributed by atoms with Crippen LogP contribution in [0.2, 0.25) is 0 Å². The average molecular weight is 455 g/mol. The number of hydrogen-bond acceptors (Lipinski definition) is 7. The Bertz CT molecular complexity index is 973. The molecule has 2 N–H and O–H groups in total. The van der Waals surface area contributed by atoms with Crippen molar-refractivity contribution >= 4 is 35.5 Å². The van der Waals surface area contributed by atoms with Crippen molar-refractivity contribution in [1.29, 1.82) is 0 Å². The lowest BCUT2D eigenvalue weighted by Gasteiger charge is -2.32. The summed E-state index contributed by atoms with van der Waals surface area (Å²) in [6.45, 7) is 7.92. The molecule has 1 aliphatic heterocycles. The second-order valence-corrected chi connectivity index (χ2v) is 8.91. The minimum atomic E-state index is -0.0923. The van der Waals surface area contributed by atoms with Crippen molar-refractivity contribution in [2.45, 2.75) is 39.7 Å². The minimum absolute atomic E-state index is 0.0306. The summed E-state index contributed by atoms with van der Waals surface area (Å²) in [5.41, 5.74) is 3.05. The summed E-state index contributed by atoms with van der Waals surface area (Å²) in [7, 11) is 3.80. The van der Waals surface area contributed by atoms with Gasteiger partial charge in [0.1, 0.15) is 0 Å². The van der Waals surface area contributed by atoms with Crippen LogP contribution in [0.3, 0.4) is 0 Å². The van der Waals surface area contributed by atoms with Gasteiger partial charge in [0, 0.05) is 51.1 Å². The van der Waals surface area contributed by atoms with E-state index in [2.05, 4.69) is 29.5 Å². The number of amides is 2. The van der Waals surface area contributed by atoms with Crippen molar-refractivity contribution in [1.82, 2.24) is 15.3 Å². The van der Waals surface area contributed by atoms with Crippen molar-refractivity contribution < 1.29 is 14.3 Å². The molecule has 2 aromatic rings. The topological polar surface area (TPSA) is 99.7 Å². The fraction of sp³-hybridized carbons (Fsp3) is 0.500. The van der Waals surface area contributed by atoms with Gasteiger partial charge in [-0.3, -0.25) is 14.5 Å². The van der Waals surface area contributed by atoms with Crippen LogP contribution in [0.15, 0.2) is 24.4 Å². The van der Waals surface area contributed by atoms with Crippen molar-refractivity contribution in [2.75, 3.05) is 49.0 Å². The van der Waals surface area contributed by atoms with Crippen LogP contribution in [-0.4, -0.2) is 62.2 Å². The normalized spacial score (nSPS) is 14.1. The molecule has 1 saturated heterocycles. The SMILES string of the molecule is Cc1cc(C(=O)NCC(C)C)ccc1Nc1ncc(N(C)C)c(N(C=O)C2CCOCC2)n1. The van der Waals surface area contributed by atoms with E-state index >= 15 is 0 Å². The lowest BCUT2D eigenvalue weighted by atomic mass is 10.1. The molecule has 0 saturated carbocycles. The van der Waals surface area contributed by atoms with E-state index in [4.69, 9.17) is 9.72 Å². The van der Waals surface area contributed by atoms with E-state index < -0.39 is 0 Å². The zero-order valence-corrected chi connectivity index (χ0v) is 20.1. The molecule has 1 aliphatic rings. The Morgan fingerprint density at radius 3 is 2.61 bits per heavy atom. The van der Waals surface area contributed by atoms with Crippen LogP contribution >= 0.6 is 0 Å². The highest BCUT2D eigenvalue weighted by Crippen LogP contribution is 2.30. The van der Waals surface area contributed by atoms with E-state index in [1.807, 2.05) is 38.1 Å². The smallest absolute Gasteiger partial charge is 0.251 e. The molecule has 0 aliphatic carbocycles. The van der Waals surface area contributed by atoms with Crippen molar-refractivity contribution in [3.8, 4) is 0 Å². The Balaban J connectivity index is 1.84. The molecular weight excluding hydrogens is 420 g/mol. The molecule has 178 valence electrons. The number of benzene rings is 1. The number of aromatic nitrogens is 2. The number of carbonyl (C=O) groups is 2. The zero-order valence-electron chi connectivity index (χ0n) is 20.1. The number of nitrogens with one attached hydrogen (secondary N) is 2. The largest absolute Gasteiger partial charge is 0.381 e. The van der Waals surface area contributed by atoms with Gasteiger partial charge in [-0.1, -0.05) is 13.8 Å². The maximum Gasteiger partial charge on any atom is 0.251 e. The molecular formula is C24H34N6O3.